The van der Waals surface area contributed by atoms with Crippen molar-refractivity contribution in [3.05, 3.63) is 21.4 Å². The molecule has 0 saturated heterocycles. The molecule has 0 N–H and O–H groups in total. The number of thiophene rings is 1. The van der Waals surface area contributed by atoms with E-state index in [4.69, 9.17) is 0 Å². The van der Waals surface area contributed by atoms with Crippen molar-refractivity contribution in [3.63, 3.8) is 0 Å². The first kappa shape index (κ1) is 8.59. The Hall–Kier alpha value is -0.510. The lowest BCUT2D eigenvalue weighted by molar-refractivity contribution is -0.134. The summed E-state index contributed by atoms with van der Waals surface area (Å²) in [4.78, 5) is 0.227. The first-order chi connectivity index (χ1) is 4.91. The monoisotopic (exact) mass is 180 g/mol. The van der Waals surface area contributed by atoms with Crippen LogP contribution >= 0.6 is 11.3 Å². The average molecular weight is 180 g/mol. The highest BCUT2D eigenvalue weighted by Gasteiger charge is 2.32. The van der Waals surface area contributed by atoms with Gasteiger partial charge in [0.2, 0.25) is 0 Å². The van der Waals surface area contributed by atoms with Crippen LogP contribution in [0, 0.1) is 13.8 Å². The van der Waals surface area contributed by atoms with Gasteiger partial charge < -0.3 is 0 Å². The zero-order valence-corrected chi connectivity index (χ0v) is 6.94. The molecule has 11 heavy (non-hydrogen) atoms. The second kappa shape index (κ2) is 2.52. The highest BCUT2D eigenvalue weighted by Crippen LogP contribution is 2.35. The van der Waals surface area contributed by atoms with E-state index in [1.807, 2.05) is 0 Å². The Kier molecular flexibility index (Phi) is 1.96. The summed E-state index contributed by atoms with van der Waals surface area (Å²) < 4.78 is 36.0. The maximum absolute atomic E-state index is 12.0. The molecule has 1 aromatic rings. The van der Waals surface area contributed by atoms with Crippen molar-refractivity contribution < 1.29 is 13.2 Å². The molecule has 62 valence electrons. The molecule has 0 aliphatic rings. The van der Waals surface area contributed by atoms with Crippen LogP contribution in [0.4, 0.5) is 13.2 Å². The third kappa shape index (κ3) is 1.74. The first-order valence-corrected chi connectivity index (χ1v) is 3.87. The van der Waals surface area contributed by atoms with Crippen molar-refractivity contribution in [2.45, 2.75) is 20.0 Å². The summed E-state index contributed by atoms with van der Waals surface area (Å²) in [5.74, 6) is 0. The first-order valence-electron chi connectivity index (χ1n) is 3.05. The fraction of sp³-hybridized carbons (Fsp3) is 0.429. The van der Waals surface area contributed by atoms with Crippen molar-refractivity contribution >= 4 is 11.3 Å². The van der Waals surface area contributed by atoms with Crippen LogP contribution in [0.25, 0.3) is 0 Å². The average Bonchev–Trinajstić information content (AvgIpc) is 2.11. The molecule has 0 fully saturated rings. The van der Waals surface area contributed by atoms with Gasteiger partial charge in [0.25, 0.3) is 0 Å². The van der Waals surface area contributed by atoms with Gasteiger partial charge >= 0.3 is 6.18 Å². The number of alkyl halides is 3. The molecule has 0 atom stereocenters. The standard InChI is InChI=1S/C7H7F3S/c1-4-3-6(7(8,9)10)11-5(4)2/h3H,1-2H3. The van der Waals surface area contributed by atoms with Crippen LogP contribution in [0.5, 0.6) is 0 Å². The van der Waals surface area contributed by atoms with Crippen LogP contribution in [0.1, 0.15) is 15.3 Å². The van der Waals surface area contributed by atoms with Crippen molar-refractivity contribution in [2.24, 2.45) is 0 Å². The van der Waals surface area contributed by atoms with Gasteiger partial charge in [0, 0.05) is 4.88 Å². The molecule has 0 unspecified atom stereocenters. The summed E-state index contributed by atoms with van der Waals surface area (Å²) in [5.41, 5.74) is 0.710. The molecule has 1 aromatic heterocycles. The van der Waals surface area contributed by atoms with E-state index < -0.39 is 11.1 Å². The van der Waals surface area contributed by atoms with E-state index in [1.54, 1.807) is 13.8 Å². The number of aryl methyl sites for hydroxylation is 2. The highest BCUT2D eigenvalue weighted by molar-refractivity contribution is 7.12. The molecule has 0 saturated carbocycles. The zero-order valence-electron chi connectivity index (χ0n) is 6.12. The van der Waals surface area contributed by atoms with E-state index in [0.717, 1.165) is 16.2 Å². The van der Waals surface area contributed by atoms with Crippen LogP contribution in [0.3, 0.4) is 0 Å². The molecule has 0 aromatic carbocycles. The molecule has 0 nitrogen and oxygen atoms in total. The van der Waals surface area contributed by atoms with Crippen molar-refractivity contribution in [1.82, 2.24) is 0 Å². The number of hydrogen-bond acceptors (Lipinski definition) is 1. The highest BCUT2D eigenvalue weighted by atomic mass is 32.1. The van der Waals surface area contributed by atoms with Gasteiger partial charge in [-0.3, -0.25) is 0 Å². The lowest BCUT2D eigenvalue weighted by Gasteiger charge is -1.99. The molecule has 1 heterocycles. The summed E-state index contributed by atoms with van der Waals surface area (Å²) >= 11 is 0.796. The molecule has 0 amide bonds. The van der Waals surface area contributed by atoms with Gasteiger partial charge in [-0.15, -0.1) is 11.3 Å². The molecular formula is C7H7F3S. The summed E-state index contributed by atoms with van der Waals surface area (Å²) in [6.45, 7) is 3.37. The fourth-order valence-electron chi connectivity index (χ4n) is 0.713. The normalized spacial score (nSPS) is 12.1. The Morgan fingerprint density at radius 2 is 1.82 bits per heavy atom. The Bertz CT molecular complexity index is 240. The van der Waals surface area contributed by atoms with Crippen molar-refractivity contribution in [1.29, 1.82) is 0 Å². The van der Waals surface area contributed by atoms with Gasteiger partial charge in [-0.25, -0.2) is 0 Å². The fourth-order valence-corrected chi connectivity index (χ4v) is 1.61. The van der Waals surface area contributed by atoms with Crippen molar-refractivity contribution in [3.8, 4) is 0 Å². The summed E-state index contributed by atoms with van der Waals surface area (Å²) in [5, 5.41) is 0. The third-order valence-electron chi connectivity index (χ3n) is 1.45. The van der Waals surface area contributed by atoms with Crippen LogP contribution in [-0.2, 0) is 6.18 Å². The SMILES string of the molecule is Cc1cc(C(F)(F)F)sc1C. The predicted octanol–water partition coefficient (Wildman–Crippen LogP) is 3.38. The topological polar surface area (TPSA) is 0 Å². The number of halogens is 3. The quantitative estimate of drug-likeness (QED) is 0.574. The minimum absolute atomic E-state index is 0.507. The van der Waals surface area contributed by atoms with E-state index >= 15 is 0 Å². The Morgan fingerprint density at radius 3 is 2.00 bits per heavy atom. The lowest BCUT2D eigenvalue weighted by atomic mass is 10.3. The van der Waals surface area contributed by atoms with E-state index in [-0.39, 0.29) is 0 Å². The minimum atomic E-state index is -4.18. The van der Waals surface area contributed by atoms with E-state index in [9.17, 15) is 13.2 Å². The van der Waals surface area contributed by atoms with Gasteiger partial charge in [-0.2, -0.15) is 13.2 Å². The molecule has 1 rings (SSSR count). The van der Waals surface area contributed by atoms with Gasteiger partial charge in [0.05, 0.1) is 0 Å². The van der Waals surface area contributed by atoms with E-state index in [0.29, 0.717) is 5.56 Å². The van der Waals surface area contributed by atoms with E-state index in [2.05, 4.69) is 0 Å². The molecule has 0 bridgehead atoms. The van der Waals surface area contributed by atoms with Gasteiger partial charge in [0.1, 0.15) is 4.88 Å². The third-order valence-corrected chi connectivity index (χ3v) is 2.64. The molecule has 0 radical (unpaired) electrons. The smallest absolute Gasteiger partial charge is 0.165 e. The van der Waals surface area contributed by atoms with Crippen molar-refractivity contribution in [2.75, 3.05) is 0 Å². The van der Waals surface area contributed by atoms with Crippen LogP contribution in [0.2, 0.25) is 0 Å². The Balaban J connectivity index is 3.08. The van der Waals surface area contributed by atoms with Crippen LogP contribution in [-0.4, -0.2) is 0 Å². The minimum Gasteiger partial charge on any atom is -0.165 e. The molecule has 0 spiro atoms. The summed E-state index contributed by atoms with van der Waals surface area (Å²) in [7, 11) is 0. The second-order valence-corrected chi connectivity index (χ2v) is 3.60. The van der Waals surface area contributed by atoms with Gasteiger partial charge in [0.15, 0.2) is 0 Å². The van der Waals surface area contributed by atoms with Gasteiger partial charge in [-0.05, 0) is 25.5 Å². The maximum Gasteiger partial charge on any atom is 0.425 e. The maximum atomic E-state index is 12.0. The second-order valence-electron chi connectivity index (χ2n) is 2.35. The van der Waals surface area contributed by atoms with Crippen LogP contribution < -0.4 is 0 Å². The van der Waals surface area contributed by atoms with Crippen LogP contribution in [0.15, 0.2) is 6.07 Å². The number of hydrogen-bond donors (Lipinski definition) is 0. The molecule has 4 heteroatoms. The molecule has 0 aliphatic carbocycles. The van der Waals surface area contributed by atoms with E-state index in [1.165, 1.54) is 6.07 Å². The Labute approximate surface area is 66.7 Å². The zero-order chi connectivity index (χ0) is 8.65. The lowest BCUT2D eigenvalue weighted by Crippen LogP contribution is -2.00. The Morgan fingerprint density at radius 1 is 1.27 bits per heavy atom. The molecular weight excluding hydrogens is 173 g/mol. The molecule has 0 aliphatic heterocycles. The largest absolute Gasteiger partial charge is 0.425 e. The number of rotatable bonds is 0. The summed E-state index contributed by atoms with van der Waals surface area (Å²) in [6, 6.07) is 1.18. The predicted molar refractivity (Wildman–Crippen MR) is 38.8 cm³/mol. The van der Waals surface area contributed by atoms with Gasteiger partial charge in [-0.1, -0.05) is 0 Å². The summed E-state index contributed by atoms with van der Waals surface area (Å²) in [6.07, 6.45) is -4.18.